The Kier molecular flexibility index (Phi) is 5.80. The van der Waals surface area contributed by atoms with E-state index in [2.05, 4.69) is 63.6 Å². The number of benzene rings is 1. The first kappa shape index (κ1) is 15.3. The predicted molar refractivity (Wildman–Crippen MR) is 87.0 cm³/mol. The Balaban J connectivity index is 2.11. The van der Waals surface area contributed by atoms with Crippen molar-refractivity contribution in [2.45, 2.75) is 25.7 Å². The predicted octanol–water partition coefficient (Wildman–Crippen LogP) is 3.51. The van der Waals surface area contributed by atoms with Crippen molar-refractivity contribution >= 4 is 15.9 Å². The maximum absolute atomic E-state index is 4.50. The van der Waals surface area contributed by atoms with Crippen LogP contribution in [0, 0.1) is 0 Å². The quantitative estimate of drug-likeness (QED) is 0.784. The van der Waals surface area contributed by atoms with Crippen molar-refractivity contribution < 1.29 is 0 Å². The summed E-state index contributed by atoms with van der Waals surface area (Å²) < 4.78 is 3.00. The summed E-state index contributed by atoms with van der Waals surface area (Å²) in [4.78, 5) is 0. The summed E-state index contributed by atoms with van der Waals surface area (Å²) in [5.74, 6) is 0.453. The van der Waals surface area contributed by atoms with Crippen molar-refractivity contribution in [2.75, 3.05) is 13.1 Å². The normalized spacial score (nSPS) is 12.6. The molecular weight excluding hydrogens is 314 g/mol. The third-order valence-electron chi connectivity index (χ3n) is 3.36. The van der Waals surface area contributed by atoms with E-state index in [1.807, 2.05) is 17.9 Å². The van der Waals surface area contributed by atoms with Crippen molar-refractivity contribution in [2.24, 2.45) is 7.05 Å². The van der Waals surface area contributed by atoms with Crippen LogP contribution in [0.15, 0.2) is 41.0 Å². The van der Waals surface area contributed by atoms with Crippen LogP contribution in [0.5, 0.6) is 0 Å². The molecule has 0 saturated heterocycles. The van der Waals surface area contributed by atoms with E-state index in [1.54, 1.807) is 0 Å². The zero-order valence-electron chi connectivity index (χ0n) is 12.1. The van der Waals surface area contributed by atoms with E-state index in [9.17, 15) is 0 Å². The molecule has 0 bridgehead atoms. The van der Waals surface area contributed by atoms with Crippen LogP contribution in [0.4, 0.5) is 0 Å². The molecule has 0 fully saturated rings. The molecule has 4 heteroatoms. The molecule has 2 aromatic rings. The first-order valence-electron chi connectivity index (χ1n) is 7.13. The summed E-state index contributed by atoms with van der Waals surface area (Å²) in [6, 6.07) is 10.7. The number of rotatable bonds is 7. The molecule has 1 heterocycles. The Bertz CT molecular complexity index is 536. The molecule has 0 aliphatic heterocycles. The van der Waals surface area contributed by atoms with Crippen LogP contribution >= 0.6 is 15.9 Å². The number of hydrogen-bond acceptors (Lipinski definition) is 2. The SMILES string of the molecule is CCCNCC(Cc1ccn(C)n1)c1cccc(Br)c1. The van der Waals surface area contributed by atoms with Crippen LogP contribution in [0.25, 0.3) is 0 Å². The highest BCUT2D eigenvalue weighted by molar-refractivity contribution is 9.10. The minimum Gasteiger partial charge on any atom is -0.316 e. The lowest BCUT2D eigenvalue weighted by Crippen LogP contribution is -2.24. The van der Waals surface area contributed by atoms with Gasteiger partial charge < -0.3 is 5.32 Å². The lowest BCUT2D eigenvalue weighted by molar-refractivity contribution is 0.567. The first-order chi connectivity index (χ1) is 9.69. The Morgan fingerprint density at radius 3 is 2.85 bits per heavy atom. The zero-order valence-corrected chi connectivity index (χ0v) is 13.7. The third-order valence-corrected chi connectivity index (χ3v) is 3.86. The number of nitrogens with one attached hydrogen (secondary N) is 1. The fourth-order valence-electron chi connectivity index (χ4n) is 2.35. The highest BCUT2D eigenvalue weighted by Crippen LogP contribution is 2.23. The largest absolute Gasteiger partial charge is 0.316 e. The molecule has 0 saturated carbocycles. The van der Waals surface area contributed by atoms with Gasteiger partial charge >= 0.3 is 0 Å². The Hall–Kier alpha value is -1.13. The number of hydrogen-bond donors (Lipinski definition) is 1. The van der Waals surface area contributed by atoms with Crippen LogP contribution in [0.3, 0.4) is 0 Å². The molecule has 0 radical (unpaired) electrons. The van der Waals surface area contributed by atoms with Gasteiger partial charge in [0.1, 0.15) is 0 Å². The zero-order chi connectivity index (χ0) is 14.4. The summed E-state index contributed by atoms with van der Waals surface area (Å²) >= 11 is 3.56. The van der Waals surface area contributed by atoms with Gasteiger partial charge in [-0.05, 0) is 43.1 Å². The first-order valence-corrected chi connectivity index (χ1v) is 7.93. The van der Waals surface area contributed by atoms with E-state index in [4.69, 9.17) is 0 Å². The highest BCUT2D eigenvalue weighted by Gasteiger charge is 2.14. The molecule has 0 aliphatic carbocycles. The van der Waals surface area contributed by atoms with Gasteiger partial charge in [-0.1, -0.05) is 35.0 Å². The highest BCUT2D eigenvalue weighted by atomic mass is 79.9. The smallest absolute Gasteiger partial charge is 0.0631 e. The standard InChI is InChI=1S/C16H22BrN3/c1-3-8-18-12-14(11-16-7-9-20(2)19-16)13-5-4-6-15(17)10-13/h4-7,9-10,14,18H,3,8,11-12H2,1-2H3. The summed E-state index contributed by atoms with van der Waals surface area (Å²) in [6.45, 7) is 4.24. The van der Waals surface area contributed by atoms with E-state index in [0.717, 1.165) is 36.1 Å². The average molecular weight is 336 g/mol. The van der Waals surface area contributed by atoms with E-state index < -0.39 is 0 Å². The van der Waals surface area contributed by atoms with Crippen molar-refractivity contribution in [3.05, 3.63) is 52.3 Å². The van der Waals surface area contributed by atoms with Gasteiger partial charge in [-0.3, -0.25) is 4.68 Å². The van der Waals surface area contributed by atoms with Crippen molar-refractivity contribution in [1.29, 1.82) is 0 Å². The van der Waals surface area contributed by atoms with E-state index in [1.165, 1.54) is 5.56 Å². The maximum Gasteiger partial charge on any atom is 0.0631 e. The summed E-state index contributed by atoms with van der Waals surface area (Å²) in [6.07, 6.45) is 4.13. The van der Waals surface area contributed by atoms with E-state index in [0.29, 0.717) is 5.92 Å². The Morgan fingerprint density at radius 2 is 2.20 bits per heavy atom. The number of aryl methyl sites for hydroxylation is 1. The molecule has 0 spiro atoms. The van der Waals surface area contributed by atoms with Gasteiger partial charge in [0.25, 0.3) is 0 Å². The Labute approximate surface area is 129 Å². The molecule has 3 nitrogen and oxygen atoms in total. The van der Waals surface area contributed by atoms with Crippen molar-refractivity contribution in [3.63, 3.8) is 0 Å². The Morgan fingerprint density at radius 1 is 1.35 bits per heavy atom. The summed E-state index contributed by atoms with van der Waals surface area (Å²) in [5, 5.41) is 8.03. The van der Waals surface area contributed by atoms with Gasteiger partial charge in [-0.2, -0.15) is 5.10 Å². The van der Waals surface area contributed by atoms with Gasteiger partial charge in [-0.25, -0.2) is 0 Å². The molecule has 2 rings (SSSR count). The number of nitrogens with zero attached hydrogens (tertiary/aromatic N) is 2. The lowest BCUT2D eigenvalue weighted by Gasteiger charge is -2.17. The van der Waals surface area contributed by atoms with E-state index in [-0.39, 0.29) is 0 Å². The van der Waals surface area contributed by atoms with Gasteiger partial charge in [0.05, 0.1) is 5.69 Å². The minimum atomic E-state index is 0.453. The second-order valence-corrected chi connectivity index (χ2v) is 6.06. The van der Waals surface area contributed by atoms with Crippen molar-refractivity contribution in [3.8, 4) is 0 Å². The number of halogens is 1. The molecule has 0 aliphatic rings. The molecular formula is C16H22BrN3. The van der Waals surface area contributed by atoms with E-state index >= 15 is 0 Å². The monoisotopic (exact) mass is 335 g/mol. The van der Waals surface area contributed by atoms with Crippen LogP contribution < -0.4 is 5.32 Å². The molecule has 108 valence electrons. The fourth-order valence-corrected chi connectivity index (χ4v) is 2.76. The molecule has 1 aromatic heterocycles. The van der Waals surface area contributed by atoms with Gasteiger partial charge in [0, 0.05) is 30.2 Å². The molecule has 1 aromatic carbocycles. The van der Waals surface area contributed by atoms with Crippen LogP contribution in [0.2, 0.25) is 0 Å². The van der Waals surface area contributed by atoms with Crippen molar-refractivity contribution in [1.82, 2.24) is 15.1 Å². The van der Waals surface area contributed by atoms with Gasteiger partial charge in [0.2, 0.25) is 0 Å². The second-order valence-electron chi connectivity index (χ2n) is 5.14. The molecule has 1 N–H and O–H groups in total. The molecule has 0 amide bonds. The van der Waals surface area contributed by atoms with Gasteiger partial charge in [0.15, 0.2) is 0 Å². The average Bonchev–Trinajstić information content (AvgIpc) is 2.83. The molecule has 1 atom stereocenters. The van der Waals surface area contributed by atoms with Gasteiger partial charge in [-0.15, -0.1) is 0 Å². The fraction of sp³-hybridized carbons (Fsp3) is 0.438. The molecule has 1 unspecified atom stereocenters. The van der Waals surface area contributed by atoms with Crippen LogP contribution in [0.1, 0.15) is 30.5 Å². The molecule has 20 heavy (non-hydrogen) atoms. The van der Waals surface area contributed by atoms with Crippen LogP contribution in [-0.2, 0) is 13.5 Å². The lowest BCUT2D eigenvalue weighted by atomic mass is 9.94. The second kappa shape index (κ2) is 7.60. The van der Waals surface area contributed by atoms with Crippen LogP contribution in [-0.4, -0.2) is 22.9 Å². The summed E-state index contributed by atoms with van der Waals surface area (Å²) in [7, 11) is 1.97. The minimum absolute atomic E-state index is 0.453. The number of aromatic nitrogens is 2. The summed E-state index contributed by atoms with van der Waals surface area (Å²) in [5.41, 5.74) is 2.50. The maximum atomic E-state index is 4.50. The topological polar surface area (TPSA) is 29.9 Å². The third kappa shape index (κ3) is 4.46.